The predicted octanol–water partition coefficient (Wildman–Crippen LogP) is 4.99. The van der Waals surface area contributed by atoms with E-state index in [-0.39, 0.29) is 12.3 Å². The number of rotatable bonds is 13. The van der Waals surface area contributed by atoms with Gasteiger partial charge in [-0.05, 0) is 43.7 Å². The van der Waals surface area contributed by atoms with Crippen LogP contribution in [0.25, 0.3) is 16.9 Å². The lowest BCUT2D eigenvalue weighted by Crippen LogP contribution is -2.30. The van der Waals surface area contributed by atoms with E-state index in [0.717, 1.165) is 25.1 Å². The number of nitrogens with two attached hydrogens (primary N) is 1. The number of halogens is 1. The first-order valence-corrected chi connectivity index (χ1v) is 11.4. The summed E-state index contributed by atoms with van der Waals surface area (Å²) in [6, 6.07) is 7.23. The van der Waals surface area contributed by atoms with Crippen molar-refractivity contribution in [2.75, 3.05) is 32.8 Å². The molecular weight excluding hydrogens is 437 g/mol. The number of amides is 1. The Hall–Kier alpha value is -3.23. The number of hydrogen-bond acceptors (Lipinski definition) is 6. The van der Waals surface area contributed by atoms with Gasteiger partial charge in [0.25, 0.3) is 5.91 Å². The molecule has 0 aliphatic heterocycles. The van der Waals surface area contributed by atoms with Crippen LogP contribution in [0.1, 0.15) is 50.0 Å². The van der Waals surface area contributed by atoms with Crippen molar-refractivity contribution in [1.82, 2.24) is 9.88 Å². The van der Waals surface area contributed by atoms with Crippen LogP contribution in [0.2, 0.25) is 0 Å². The van der Waals surface area contributed by atoms with Gasteiger partial charge in [-0.1, -0.05) is 45.6 Å². The number of aromatic nitrogens is 1. The Morgan fingerprint density at radius 1 is 1.26 bits per heavy atom. The van der Waals surface area contributed by atoms with Crippen LogP contribution < -0.4 is 10.5 Å². The molecule has 8 heteroatoms. The standard InChI is InChI=1S/C22H29N3O4.C4H7F/c1-4-7-16(5-2)22-24-19(21(23)27)20(29-22)17-8-10-18(11-9-17)28-15-13-25(6-3)12-14-26;1-2-3-4-5/h4,7-11,26H,1,5-6,12-15H2,2-3H3,(H2,23,27);3-4H,2H2,1H3/b16-7+;4-3+. The van der Waals surface area contributed by atoms with Gasteiger partial charge in [0.2, 0.25) is 5.89 Å². The Kier molecular flexibility index (Phi) is 13.9. The molecule has 1 aromatic heterocycles. The number of carbonyl (C=O) groups is 1. The van der Waals surface area contributed by atoms with Gasteiger partial charge in [0.15, 0.2) is 11.5 Å². The number of ether oxygens (including phenoxy) is 1. The topological polar surface area (TPSA) is 102 Å². The second kappa shape index (κ2) is 16.4. The molecule has 3 N–H and O–H groups in total. The molecule has 34 heavy (non-hydrogen) atoms. The van der Waals surface area contributed by atoms with Crippen molar-refractivity contribution in [2.24, 2.45) is 5.73 Å². The number of primary amides is 1. The minimum Gasteiger partial charge on any atom is -0.492 e. The van der Waals surface area contributed by atoms with Crippen molar-refractivity contribution < 1.29 is 23.4 Å². The van der Waals surface area contributed by atoms with Crippen LogP contribution in [-0.4, -0.2) is 53.7 Å². The second-order valence-electron chi connectivity index (χ2n) is 7.14. The summed E-state index contributed by atoms with van der Waals surface area (Å²) in [5.74, 6) is 0.755. The fourth-order valence-electron chi connectivity index (χ4n) is 2.96. The number of aliphatic hydroxyl groups is 1. The normalized spacial score (nSPS) is 11.4. The average molecular weight is 474 g/mol. The van der Waals surface area contributed by atoms with E-state index < -0.39 is 5.91 Å². The Morgan fingerprint density at radius 2 is 1.97 bits per heavy atom. The predicted molar refractivity (Wildman–Crippen MR) is 134 cm³/mol. The van der Waals surface area contributed by atoms with Crippen LogP contribution in [0.3, 0.4) is 0 Å². The Labute approximate surface area is 201 Å². The summed E-state index contributed by atoms with van der Waals surface area (Å²) in [7, 11) is 0. The van der Waals surface area contributed by atoms with E-state index in [1.807, 2.05) is 32.9 Å². The zero-order chi connectivity index (χ0) is 25.3. The summed E-state index contributed by atoms with van der Waals surface area (Å²) in [6.07, 6.45) is 6.94. The van der Waals surface area contributed by atoms with Crippen LogP contribution in [0.5, 0.6) is 5.75 Å². The maximum Gasteiger partial charge on any atom is 0.271 e. The van der Waals surface area contributed by atoms with E-state index in [9.17, 15) is 9.18 Å². The molecule has 1 heterocycles. The van der Waals surface area contributed by atoms with Gasteiger partial charge in [-0.25, -0.2) is 9.37 Å². The maximum absolute atomic E-state index is 11.8. The molecule has 0 atom stereocenters. The zero-order valence-electron chi connectivity index (χ0n) is 20.3. The van der Waals surface area contributed by atoms with E-state index >= 15 is 0 Å². The van der Waals surface area contributed by atoms with Crippen LogP contribution >= 0.6 is 0 Å². The van der Waals surface area contributed by atoms with Crippen molar-refractivity contribution in [1.29, 1.82) is 0 Å². The van der Waals surface area contributed by atoms with Crippen molar-refractivity contribution in [3.05, 3.63) is 67.0 Å². The molecule has 0 aliphatic rings. The number of allylic oxidation sites excluding steroid dienone is 4. The first-order valence-electron chi connectivity index (χ1n) is 11.4. The molecule has 0 aliphatic carbocycles. The molecule has 0 spiro atoms. The molecule has 7 nitrogen and oxygen atoms in total. The van der Waals surface area contributed by atoms with Crippen LogP contribution in [0.4, 0.5) is 4.39 Å². The number of likely N-dealkylation sites (N-methyl/N-ethyl adjacent to an activating group) is 1. The minimum atomic E-state index is -0.645. The third-order valence-corrected chi connectivity index (χ3v) is 4.82. The number of nitrogens with zero attached hydrogens (tertiary/aromatic N) is 2. The smallest absolute Gasteiger partial charge is 0.271 e. The van der Waals surface area contributed by atoms with E-state index in [0.29, 0.717) is 48.9 Å². The molecule has 2 aromatic rings. The highest BCUT2D eigenvalue weighted by atomic mass is 19.1. The van der Waals surface area contributed by atoms with Crippen LogP contribution in [0.15, 0.2) is 59.8 Å². The average Bonchev–Trinajstić information content (AvgIpc) is 3.29. The van der Waals surface area contributed by atoms with E-state index in [4.69, 9.17) is 20.0 Å². The van der Waals surface area contributed by atoms with Gasteiger partial charge < -0.3 is 20.0 Å². The quantitative estimate of drug-likeness (QED) is 0.397. The monoisotopic (exact) mass is 473 g/mol. The van der Waals surface area contributed by atoms with Gasteiger partial charge in [0.1, 0.15) is 12.4 Å². The van der Waals surface area contributed by atoms with Crippen LogP contribution in [0, 0.1) is 0 Å². The molecule has 186 valence electrons. The third-order valence-electron chi connectivity index (χ3n) is 4.82. The number of benzene rings is 1. The number of aliphatic hydroxyl groups excluding tert-OH is 1. The molecule has 1 aromatic carbocycles. The molecule has 0 radical (unpaired) electrons. The largest absolute Gasteiger partial charge is 0.492 e. The van der Waals surface area contributed by atoms with Gasteiger partial charge in [0.05, 0.1) is 12.9 Å². The number of oxazole rings is 1. The van der Waals surface area contributed by atoms with Crippen molar-refractivity contribution >= 4 is 11.5 Å². The van der Waals surface area contributed by atoms with Gasteiger partial charge in [0, 0.05) is 24.2 Å². The van der Waals surface area contributed by atoms with Crippen molar-refractivity contribution in [2.45, 2.75) is 33.6 Å². The zero-order valence-corrected chi connectivity index (χ0v) is 20.3. The van der Waals surface area contributed by atoms with Gasteiger partial charge in [-0.3, -0.25) is 9.69 Å². The van der Waals surface area contributed by atoms with E-state index in [1.54, 1.807) is 24.3 Å². The van der Waals surface area contributed by atoms with Gasteiger partial charge in [-0.15, -0.1) is 0 Å². The summed E-state index contributed by atoms with van der Waals surface area (Å²) in [5, 5.41) is 9.03. The SMILES string of the molecule is C=C/C=C(\CC)c1nc(C(N)=O)c(-c2ccc(OCCN(CC)CCO)cc2)o1.CC/C=C/F. The summed E-state index contributed by atoms with van der Waals surface area (Å²) in [6.45, 7) is 12.4. The molecule has 1 amide bonds. The summed E-state index contributed by atoms with van der Waals surface area (Å²) >= 11 is 0. The van der Waals surface area contributed by atoms with Crippen molar-refractivity contribution in [3.63, 3.8) is 0 Å². The molecule has 0 fully saturated rings. The molecule has 0 bridgehead atoms. The molecule has 0 saturated carbocycles. The maximum atomic E-state index is 11.8. The molecule has 2 rings (SSSR count). The highest BCUT2D eigenvalue weighted by Gasteiger charge is 2.20. The lowest BCUT2D eigenvalue weighted by atomic mass is 10.1. The lowest BCUT2D eigenvalue weighted by Gasteiger charge is -2.19. The Morgan fingerprint density at radius 3 is 2.44 bits per heavy atom. The van der Waals surface area contributed by atoms with E-state index in [2.05, 4.69) is 16.5 Å². The fourth-order valence-corrected chi connectivity index (χ4v) is 2.96. The van der Waals surface area contributed by atoms with Crippen LogP contribution in [-0.2, 0) is 0 Å². The molecular formula is C26H36FN3O4. The first-order chi connectivity index (χ1) is 16.4. The third kappa shape index (κ3) is 9.33. The van der Waals surface area contributed by atoms with Crippen molar-refractivity contribution in [3.8, 4) is 17.1 Å². The fraction of sp³-hybridized carbons (Fsp3) is 0.385. The highest BCUT2D eigenvalue weighted by molar-refractivity contribution is 5.97. The first kappa shape index (κ1) is 28.8. The summed E-state index contributed by atoms with van der Waals surface area (Å²) in [5.41, 5.74) is 7.11. The number of carbonyl (C=O) groups excluding carboxylic acids is 1. The minimum absolute atomic E-state index is 0.0969. The summed E-state index contributed by atoms with van der Waals surface area (Å²) < 4.78 is 22.4. The molecule has 0 unspecified atom stereocenters. The number of hydrogen-bond donors (Lipinski definition) is 2. The lowest BCUT2D eigenvalue weighted by molar-refractivity contribution is 0.0996. The highest BCUT2D eigenvalue weighted by Crippen LogP contribution is 2.30. The Bertz CT molecular complexity index is 936. The van der Waals surface area contributed by atoms with Gasteiger partial charge in [-0.2, -0.15) is 0 Å². The Balaban J connectivity index is 0.00000104. The summed E-state index contributed by atoms with van der Waals surface area (Å²) in [4.78, 5) is 18.2. The second-order valence-corrected chi connectivity index (χ2v) is 7.14. The van der Waals surface area contributed by atoms with E-state index in [1.165, 1.54) is 6.08 Å². The van der Waals surface area contributed by atoms with Gasteiger partial charge >= 0.3 is 0 Å². The molecule has 0 saturated heterocycles.